The van der Waals surface area contributed by atoms with E-state index >= 15 is 0 Å². The maximum atomic E-state index is 11.9. The molecule has 122 valence electrons. The first-order valence-corrected chi connectivity index (χ1v) is 7.93. The number of amides is 1. The van der Waals surface area contributed by atoms with Crippen LogP contribution in [0.2, 0.25) is 5.02 Å². The predicted octanol–water partition coefficient (Wildman–Crippen LogP) is 3.68. The standard InChI is InChI=1S/C18H21ClN2O2/c1-21(13-14-23-17-9-7-15(19)8-10-17)12-11-18(22)20-16-5-3-2-4-6-16/h2-10H,11-14H2,1H3,(H,20,22). The summed E-state index contributed by atoms with van der Waals surface area (Å²) in [6.07, 6.45) is 0.451. The Kier molecular flexibility index (Phi) is 6.91. The molecule has 1 amide bonds. The molecule has 4 nitrogen and oxygen atoms in total. The van der Waals surface area contributed by atoms with Crippen molar-refractivity contribution in [2.24, 2.45) is 0 Å². The molecule has 0 unspecified atom stereocenters. The van der Waals surface area contributed by atoms with Gasteiger partial charge in [0.25, 0.3) is 0 Å². The van der Waals surface area contributed by atoms with Gasteiger partial charge in [0.05, 0.1) is 0 Å². The molecule has 0 heterocycles. The second kappa shape index (κ2) is 9.18. The van der Waals surface area contributed by atoms with Crippen LogP contribution in [0.1, 0.15) is 6.42 Å². The van der Waals surface area contributed by atoms with E-state index in [2.05, 4.69) is 10.2 Å². The zero-order valence-corrected chi connectivity index (χ0v) is 13.9. The van der Waals surface area contributed by atoms with Gasteiger partial charge >= 0.3 is 0 Å². The molecule has 2 aromatic carbocycles. The summed E-state index contributed by atoms with van der Waals surface area (Å²) in [5.74, 6) is 0.811. The number of anilines is 1. The number of hydrogen-bond acceptors (Lipinski definition) is 3. The van der Waals surface area contributed by atoms with Crippen molar-refractivity contribution in [3.05, 3.63) is 59.6 Å². The van der Waals surface area contributed by atoms with Gasteiger partial charge in [-0.3, -0.25) is 4.79 Å². The van der Waals surface area contributed by atoms with Crippen molar-refractivity contribution in [3.63, 3.8) is 0 Å². The van der Waals surface area contributed by atoms with Gasteiger partial charge in [0.1, 0.15) is 12.4 Å². The third kappa shape index (κ3) is 6.72. The lowest BCUT2D eigenvalue weighted by Gasteiger charge is -2.16. The average molecular weight is 333 g/mol. The van der Waals surface area contributed by atoms with Gasteiger partial charge < -0.3 is 15.0 Å². The van der Waals surface area contributed by atoms with E-state index < -0.39 is 0 Å². The Hall–Kier alpha value is -2.04. The maximum Gasteiger partial charge on any atom is 0.225 e. The predicted molar refractivity (Wildman–Crippen MR) is 94.1 cm³/mol. The third-order valence-electron chi connectivity index (χ3n) is 3.33. The lowest BCUT2D eigenvalue weighted by atomic mass is 10.3. The van der Waals surface area contributed by atoms with Crippen molar-refractivity contribution >= 4 is 23.2 Å². The molecule has 2 rings (SSSR count). The molecule has 0 aliphatic heterocycles. The number of ether oxygens (including phenoxy) is 1. The van der Waals surface area contributed by atoms with Gasteiger partial charge in [0.15, 0.2) is 0 Å². The van der Waals surface area contributed by atoms with Gasteiger partial charge in [-0.15, -0.1) is 0 Å². The lowest BCUT2D eigenvalue weighted by molar-refractivity contribution is -0.116. The Morgan fingerprint density at radius 1 is 1.09 bits per heavy atom. The van der Waals surface area contributed by atoms with E-state index in [0.29, 0.717) is 24.6 Å². The molecule has 0 bridgehead atoms. The van der Waals surface area contributed by atoms with Crippen LogP contribution < -0.4 is 10.1 Å². The lowest BCUT2D eigenvalue weighted by Crippen LogP contribution is -2.28. The Bertz CT molecular complexity index is 602. The van der Waals surface area contributed by atoms with Gasteiger partial charge in [-0.25, -0.2) is 0 Å². The molecule has 0 spiro atoms. The van der Waals surface area contributed by atoms with Crippen LogP contribution in [0.15, 0.2) is 54.6 Å². The number of benzene rings is 2. The summed E-state index contributed by atoms with van der Waals surface area (Å²) in [7, 11) is 1.97. The summed E-state index contributed by atoms with van der Waals surface area (Å²) >= 11 is 5.82. The van der Waals surface area contributed by atoms with Gasteiger partial charge in [-0.05, 0) is 43.4 Å². The second-order valence-electron chi connectivity index (χ2n) is 5.27. The van der Waals surface area contributed by atoms with Crippen LogP contribution in [0.3, 0.4) is 0 Å². The fourth-order valence-electron chi connectivity index (χ4n) is 2.00. The zero-order valence-electron chi connectivity index (χ0n) is 13.2. The minimum atomic E-state index is 0.0154. The van der Waals surface area contributed by atoms with E-state index in [1.807, 2.05) is 49.5 Å². The number of rotatable bonds is 8. The van der Waals surface area contributed by atoms with Crippen molar-refractivity contribution in [1.82, 2.24) is 4.90 Å². The highest BCUT2D eigenvalue weighted by molar-refractivity contribution is 6.30. The normalized spacial score (nSPS) is 10.6. The van der Waals surface area contributed by atoms with Crippen molar-refractivity contribution in [2.75, 3.05) is 32.1 Å². The highest BCUT2D eigenvalue weighted by atomic mass is 35.5. The Balaban J connectivity index is 1.62. The third-order valence-corrected chi connectivity index (χ3v) is 3.59. The molecule has 0 fully saturated rings. The summed E-state index contributed by atoms with van der Waals surface area (Å²) in [6.45, 7) is 2.00. The van der Waals surface area contributed by atoms with Crippen molar-refractivity contribution in [1.29, 1.82) is 0 Å². The number of para-hydroxylation sites is 1. The Labute approximate surface area is 142 Å². The summed E-state index contributed by atoms with van der Waals surface area (Å²) in [5, 5.41) is 3.57. The number of carbonyl (C=O) groups excluding carboxylic acids is 1. The highest BCUT2D eigenvalue weighted by Crippen LogP contribution is 2.15. The summed E-state index contributed by atoms with van der Waals surface area (Å²) in [6, 6.07) is 16.8. The number of halogens is 1. The number of likely N-dealkylation sites (N-methyl/N-ethyl adjacent to an activating group) is 1. The van der Waals surface area contributed by atoms with Gasteiger partial charge in [0, 0.05) is 30.2 Å². The van der Waals surface area contributed by atoms with Gasteiger partial charge in [0.2, 0.25) is 5.91 Å². The minimum absolute atomic E-state index is 0.0154. The number of carbonyl (C=O) groups is 1. The summed E-state index contributed by atoms with van der Waals surface area (Å²) < 4.78 is 5.63. The Morgan fingerprint density at radius 2 is 1.78 bits per heavy atom. The molecular weight excluding hydrogens is 312 g/mol. The van der Waals surface area contributed by atoms with Crippen molar-refractivity contribution < 1.29 is 9.53 Å². The molecule has 23 heavy (non-hydrogen) atoms. The molecule has 0 aliphatic rings. The molecular formula is C18H21ClN2O2. The SMILES string of the molecule is CN(CCOc1ccc(Cl)cc1)CCC(=O)Nc1ccccc1. The topological polar surface area (TPSA) is 41.6 Å². The van der Waals surface area contributed by atoms with Crippen LogP contribution in [-0.2, 0) is 4.79 Å². The number of hydrogen-bond donors (Lipinski definition) is 1. The molecule has 0 radical (unpaired) electrons. The van der Waals surface area contributed by atoms with Crippen LogP contribution in [-0.4, -0.2) is 37.6 Å². The monoisotopic (exact) mass is 332 g/mol. The van der Waals surface area contributed by atoms with E-state index in [0.717, 1.165) is 18.0 Å². The largest absolute Gasteiger partial charge is 0.492 e. The minimum Gasteiger partial charge on any atom is -0.492 e. The molecule has 0 saturated heterocycles. The molecule has 0 saturated carbocycles. The average Bonchev–Trinajstić information content (AvgIpc) is 2.56. The van der Waals surface area contributed by atoms with E-state index in [-0.39, 0.29) is 5.91 Å². The van der Waals surface area contributed by atoms with Crippen LogP contribution in [0, 0.1) is 0 Å². The molecule has 1 N–H and O–H groups in total. The Morgan fingerprint density at radius 3 is 2.48 bits per heavy atom. The van der Waals surface area contributed by atoms with Crippen LogP contribution in [0.5, 0.6) is 5.75 Å². The summed E-state index contributed by atoms with van der Waals surface area (Å²) in [5.41, 5.74) is 0.825. The van der Waals surface area contributed by atoms with E-state index in [1.165, 1.54) is 0 Å². The van der Waals surface area contributed by atoms with E-state index in [4.69, 9.17) is 16.3 Å². The molecule has 5 heteroatoms. The second-order valence-corrected chi connectivity index (χ2v) is 5.71. The van der Waals surface area contributed by atoms with E-state index in [1.54, 1.807) is 12.1 Å². The van der Waals surface area contributed by atoms with Gasteiger partial charge in [-0.2, -0.15) is 0 Å². The molecule has 0 aromatic heterocycles. The fourth-order valence-corrected chi connectivity index (χ4v) is 2.13. The van der Waals surface area contributed by atoms with Crippen LogP contribution in [0.4, 0.5) is 5.69 Å². The smallest absolute Gasteiger partial charge is 0.225 e. The first kappa shape index (κ1) is 17.3. The zero-order chi connectivity index (χ0) is 16.5. The maximum absolute atomic E-state index is 11.9. The quantitative estimate of drug-likeness (QED) is 0.801. The fraction of sp³-hybridized carbons (Fsp3) is 0.278. The molecule has 0 atom stereocenters. The summed E-state index contributed by atoms with van der Waals surface area (Å²) in [4.78, 5) is 13.9. The number of nitrogens with zero attached hydrogens (tertiary/aromatic N) is 1. The van der Waals surface area contributed by atoms with Gasteiger partial charge in [-0.1, -0.05) is 29.8 Å². The van der Waals surface area contributed by atoms with Crippen LogP contribution in [0.25, 0.3) is 0 Å². The number of nitrogens with one attached hydrogen (secondary N) is 1. The first-order chi connectivity index (χ1) is 11.1. The van der Waals surface area contributed by atoms with Crippen molar-refractivity contribution in [2.45, 2.75) is 6.42 Å². The first-order valence-electron chi connectivity index (χ1n) is 7.55. The van der Waals surface area contributed by atoms with E-state index in [9.17, 15) is 4.79 Å². The molecule has 0 aliphatic carbocycles. The molecule has 2 aromatic rings. The highest BCUT2D eigenvalue weighted by Gasteiger charge is 2.05. The van der Waals surface area contributed by atoms with Crippen molar-refractivity contribution in [3.8, 4) is 5.75 Å². The van der Waals surface area contributed by atoms with Crippen LogP contribution >= 0.6 is 11.6 Å².